The second-order valence-electron chi connectivity index (χ2n) is 2.52. The molecule has 1 fully saturated rings. The van der Waals surface area contributed by atoms with E-state index in [-0.39, 0.29) is 0 Å². The molecule has 0 amide bonds. The van der Waals surface area contributed by atoms with Crippen molar-refractivity contribution in [2.75, 3.05) is 32.7 Å². The molecule has 0 spiro atoms. The van der Waals surface area contributed by atoms with E-state index in [0.717, 1.165) is 24.7 Å². The van der Waals surface area contributed by atoms with Crippen LogP contribution in [0.15, 0.2) is 12.7 Å². The summed E-state index contributed by atoms with van der Waals surface area (Å²) in [6.45, 7) is 7.61. The molecule has 1 saturated heterocycles. The van der Waals surface area contributed by atoms with Crippen LogP contribution in [0.2, 0.25) is 0 Å². The first-order valence-electron chi connectivity index (χ1n) is 3.58. The Bertz CT molecular complexity index is 108. The maximum Gasteiger partial charge on any atom is 0.0161 e. The zero-order chi connectivity index (χ0) is 7.40. The Morgan fingerprint density at radius 2 is 1.90 bits per heavy atom. The van der Waals surface area contributed by atoms with E-state index in [2.05, 4.69) is 11.5 Å². The molecule has 0 aliphatic carbocycles. The van der Waals surface area contributed by atoms with Crippen molar-refractivity contribution in [1.82, 2.24) is 9.96 Å². The Labute approximate surface area is 61.5 Å². The lowest BCUT2D eigenvalue weighted by atomic mass is 10.3. The van der Waals surface area contributed by atoms with Crippen LogP contribution in [0.5, 0.6) is 0 Å². The van der Waals surface area contributed by atoms with Crippen LogP contribution in [0.1, 0.15) is 0 Å². The molecule has 1 heterocycles. The van der Waals surface area contributed by atoms with Gasteiger partial charge in [-0.2, -0.15) is 0 Å². The minimum Gasteiger partial charge on any atom is -0.785 e. The average molecular weight is 141 g/mol. The third-order valence-corrected chi connectivity index (χ3v) is 1.72. The molecule has 0 bridgehead atoms. The predicted molar refractivity (Wildman–Crippen MR) is 41.6 cm³/mol. The highest BCUT2D eigenvalue weighted by Gasteiger charge is 2.07. The zero-order valence-corrected chi connectivity index (χ0v) is 6.12. The van der Waals surface area contributed by atoms with Crippen molar-refractivity contribution in [3.8, 4) is 0 Å². The first-order valence-corrected chi connectivity index (χ1v) is 3.58. The largest absolute Gasteiger partial charge is 0.785 e. The third kappa shape index (κ3) is 2.10. The fourth-order valence-corrected chi connectivity index (χ4v) is 1.09. The molecule has 58 valence electrons. The van der Waals surface area contributed by atoms with Crippen LogP contribution < -0.4 is 0 Å². The quantitative estimate of drug-likeness (QED) is 0.517. The lowest BCUT2D eigenvalue weighted by Gasteiger charge is -2.37. The molecule has 0 radical (unpaired) electrons. The summed E-state index contributed by atoms with van der Waals surface area (Å²) in [7, 11) is 0. The fraction of sp³-hybridized carbons (Fsp3) is 0.714. The number of hydroxylamine groups is 2. The van der Waals surface area contributed by atoms with Gasteiger partial charge in [0.25, 0.3) is 0 Å². The molecular formula is C7H13N2O-. The van der Waals surface area contributed by atoms with E-state index in [1.165, 1.54) is 0 Å². The number of rotatable bonds is 2. The van der Waals surface area contributed by atoms with Gasteiger partial charge in [-0.25, -0.2) is 0 Å². The summed E-state index contributed by atoms with van der Waals surface area (Å²) in [5, 5.41) is 11.8. The second-order valence-corrected chi connectivity index (χ2v) is 2.52. The molecule has 0 aromatic carbocycles. The second kappa shape index (κ2) is 3.71. The molecule has 3 nitrogen and oxygen atoms in total. The summed E-state index contributed by atoms with van der Waals surface area (Å²) in [4.78, 5) is 2.22. The van der Waals surface area contributed by atoms with Gasteiger partial charge >= 0.3 is 0 Å². The zero-order valence-electron chi connectivity index (χ0n) is 6.12. The molecule has 0 aromatic heterocycles. The van der Waals surface area contributed by atoms with Crippen LogP contribution in [0.3, 0.4) is 0 Å². The van der Waals surface area contributed by atoms with Crippen LogP contribution in [0, 0.1) is 5.21 Å². The Balaban J connectivity index is 2.19. The van der Waals surface area contributed by atoms with Gasteiger partial charge in [0.2, 0.25) is 0 Å². The Morgan fingerprint density at radius 3 is 2.40 bits per heavy atom. The van der Waals surface area contributed by atoms with E-state index < -0.39 is 0 Å². The van der Waals surface area contributed by atoms with Crippen LogP contribution >= 0.6 is 0 Å². The molecule has 0 unspecified atom stereocenters. The van der Waals surface area contributed by atoms with Gasteiger partial charge in [0.05, 0.1) is 0 Å². The van der Waals surface area contributed by atoms with Crippen molar-refractivity contribution in [2.24, 2.45) is 0 Å². The number of nitrogens with zero attached hydrogens (tertiary/aromatic N) is 2. The van der Waals surface area contributed by atoms with Crippen molar-refractivity contribution < 1.29 is 0 Å². The molecule has 0 saturated carbocycles. The van der Waals surface area contributed by atoms with Crippen LogP contribution in [0.25, 0.3) is 0 Å². The van der Waals surface area contributed by atoms with Crippen molar-refractivity contribution in [3.05, 3.63) is 17.9 Å². The van der Waals surface area contributed by atoms with Gasteiger partial charge < -0.3 is 10.3 Å². The van der Waals surface area contributed by atoms with Crippen LogP contribution in [-0.2, 0) is 0 Å². The standard InChI is InChI=1S/C7H13N2O/c1-2-3-8-4-6-9(10)7-5-8/h2H,1,3-7H2/q-1. The van der Waals surface area contributed by atoms with Crippen LogP contribution in [0.4, 0.5) is 0 Å². The Hall–Kier alpha value is -0.380. The Morgan fingerprint density at radius 1 is 1.30 bits per heavy atom. The predicted octanol–water partition coefficient (Wildman–Crippen LogP) is 0.288. The molecule has 1 aliphatic heterocycles. The van der Waals surface area contributed by atoms with Crippen molar-refractivity contribution in [3.63, 3.8) is 0 Å². The summed E-state index contributed by atoms with van der Waals surface area (Å²) in [6, 6.07) is 0. The van der Waals surface area contributed by atoms with Gasteiger partial charge in [-0.05, 0) is 13.1 Å². The minimum absolute atomic E-state index is 0.647. The highest BCUT2D eigenvalue weighted by Crippen LogP contribution is 1.98. The molecular weight excluding hydrogens is 128 g/mol. The van der Waals surface area contributed by atoms with Crippen molar-refractivity contribution in [2.45, 2.75) is 0 Å². The molecule has 0 atom stereocenters. The SMILES string of the molecule is C=CCN1CCN([O-])CC1. The number of hydrogen-bond donors (Lipinski definition) is 0. The lowest BCUT2D eigenvalue weighted by Crippen LogP contribution is -2.43. The van der Waals surface area contributed by atoms with Gasteiger partial charge in [0, 0.05) is 19.6 Å². The fourth-order valence-electron chi connectivity index (χ4n) is 1.09. The van der Waals surface area contributed by atoms with E-state index in [1.807, 2.05) is 6.08 Å². The first-order chi connectivity index (χ1) is 4.83. The number of hydrogen-bond acceptors (Lipinski definition) is 3. The molecule has 1 aliphatic rings. The first kappa shape index (κ1) is 7.72. The van der Waals surface area contributed by atoms with E-state index in [0.29, 0.717) is 13.1 Å². The number of piperazine rings is 1. The van der Waals surface area contributed by atoms with Gasteiger partial charge in [-0.3, -0.25) is 4.90 Å². The molecule has 3 heteroatoms. The van der Waals surface area contributed by atoms with E-state index in [1.54, 1.807) is 0 Å². The van der Waals surface area contributed by atoms with Gasteiger partial charge in [-0.1, -0.05) is 6.08 Å². The van der Waals surface area contributed by atoms with Crippen molar-refractivity contribution >= 4 is 0 Å². The highest BCUT2D eigenvalue weighted by molar-refractivity contribution is 4.78. The van der Waals surface area contributed by atoms with E-state index in [9.17, 15) is 5.21 Å². The molecule has 10 heavy (non-hydrogen) atoms. The average Bonchev–Trinajstić information content (AvgIpc) is 1.95. The summed E-state index contributed by atoms with van der Waals surface area (Å²) in [5.74, 6) is 0. The topological polar surface area (TPSA) is 29.5 Å². The maximum absolute atomic E-state index is 10.7. The molecule has 0 aromatic rings. The Kier molecular flexibility index (Phi) is 2.86. The summed E-state index contributed by atoms with van der Waals surface area (Å²) < 4.78 is 0. The summed E-state index contributed by atoms with van der Waals surface area (Å²) in [6.07, 6.45) is 1.88. The van der Waals surface area contributed by atoms with E-state index >= 15 is 0 Å². The minimum atomic E-state index is 0.647. The van der Waals surface area contributed by atoms with Gasteiger partial charge in [0.1, 0.15) is 0 Å². The molecule has 0 N–H and O–H groups in total. The third-order valence-electron chi connectivity index (χ3n) is 1.72. The maximum atomic E-state index is 10.7. The van der Waals surface area contributed by atoms with Gasteiger partial charge in [-0.15, -0.1) is 6.58 Å². The van der Waals surface area contributed by atoms with Gasteiger partial charge in [0.15, 0.2) is 0 Å². The smallest absolute Gasteiger partial charge is 0.0161 e. The monoisotopic (exact) mass is 141 g/mol. The van der Waals surface area contributed by atoms with Crippen molar-refractivity contribution in [1.29, 1.82) is 0 Å². The lowest BCUT2D eigenvalue weighted by molar-refractivity contribution is 0.183. The van der Waals surface area contributed by atoms with Crippen LogP contribution in [-0.4, -0.2) is 42.7 Å². The summed E-state index contributed by atoms with van der Waals surface area (Å²) in [5.41, 5.74) is 0. The van der Waals surface area contributed by atoms with E-state index in [4.69, 9.17) is 0 Å². The molecule has 1 rings (SSSR count). The highest BCUT2D eigenvalue weighted by atomic mass is 16.5. The normalized spacial score (nSPS) is 22.9. The summed E-state index contributed by atoms with van der Waals surface area (Å²) >= 11 is 0.